The Bertz CT molecular complexity index is 944. The maximum absolute atomic E-state index is 12.5. The molecular formula is C20H15BrClIN2O2. The predicted molar refractivity (Wildman–Crippen MR) is 121 cm³/mol. The zero-order chi connectivity index (χ0) is 20.0. The van der Waals surface area contributed by atoms with E-state index in [9.17, 15) is 10.1 Å². The molecule has 0 aliphatic carbocycles. The van der Waals surface area contributed by atoms with Gasteiger partial charge in [0.15, 0.2) is 0 Å². The predicted octanol–water partition coefficient (Wildman–Crippen LogP) is 6.13. The summed E-state index contributed by atoms with van der Waals surface area (Å²) in [7, 11) is 0. The average Bonchev–Trinajstić information content (AvgIpc) is 2.62. The van der Waals surface area contributed by atoms with Crippen LogP contribution in [0.5, 0.6) is 5.75 Å². The van der Waals surface area contributed by atoms with Crippen LogP contribution in [0, 0.1) is 21.8 Å². The second-order valence-electron chi connectivity index (χ2n) is 5.45. The Balaban J connectivity index is 2.30. The zero-order valence-corrected chi connectivity index (χ0v) is 18.9. The van der Waals surface area contributed by atoms with Crippen molar-refractivity contribution in [1.29, 1.82) is 5.26 Å². The van der Waals surface area contributed by atoms with Gasteiger partial charge >= 0.3 is 0 Å². The summed E-state index contributed by atoms with van der Waals surface area (Å²) in [6.45, 7) is 5.81. The molecule has 4 nitrogen and oxygen atoms in total. The summed E-state index contributed by atoms with van der Waals surface area (Å²) in [5, 5.41) is 12.7. The fourth-order valence-corrected chi connectivity index (χ4v) is 4.13. The molecule has 2 rings (SSSR count). The first-order chi connectivity index (χ1) is 12.9. The maximum atomic E-state index is 12.5. The van der Waals surface area contributed by atoms with Crippen molar-refractivity contribution in [3.63, 3.8) is 0 Å². The van der Waals surface area contributed by atoms with Gasteiger partial charge in [0.25, 0.3) is 5.91 Å². The van der Waals surface area contributed by atoms with E-state index in [4.69, 9.17) is 16.3 Å². The van der Waals surface area contributed by atoms with Crippen LogP contribution in [0.4, 0.5) is 5.69 Å². The second kappa shape index (κ2) is 9.93. The summed E-state index contributed by atoms with van der Waals surface area (Å²) < 4.78 is 7.18. The van der Waals surface area contributed by atoms with Gasteiger partial charge in [0.05, 0.1) is 8.04 Å². The van der Waals surface area contributed by atoms with Crippen molar-refractivity contribution < 1.29 is 9.53 Å². The monoisotopic (exact) mass is 556 g/mol. The minimum Gasteiger partial charge on any atom is -0.487 e. The molecule has 0 heterocycles. The summed E-state index contributed by atoms with van der Waals surface area (Å²) in [5.41, 5.74) is 1.99. The van der Waals surface area contributed by atoms with Gasteiger partial charge in [-0.2, -0.15) is 5.26 Å². The van der Waals surface area contributed by atoms with Gasteiger partial charge in [-0.3, -0.25) is 4.79 Å². The number of nitrogens with one attached hydrogen (secondary N) is 1. The number of ether oxygens (including phenoxy) is 1. The molecule has 2 aromatic rings. The zero-order valence-electron chi connectivity index (χ0n) is 14.4. The third-order valence-electron chi connectivity index (χ3n) is 3.56. The third-order valence-corrected chi connectivity index (χ3v) is 5.36. The van der Waals surface area contributed by atoms with Crippen LogP contribution in [-0.4, -0.2) is 12.5 Å². The highest BCUT2D eigenvalue weighted by molar-refractivity contribution is 14.1. The summed E-state index contributed by atoms with van der Waals surface area (Å²) in [5.74, 6) is 0.186. The van der Waals surface area contributed by atoms with E-state index < -0.39 is 5.91 Å². The number of carbonyl (C=O) groups excluding carboxylic acids is 1. The Kier molecular flexibility index (Phi) is 7.90. The van der Waals surface area contributed by atoms with Crippen LogP contribution < -0.4 is 10.1 Å². The summed E-state index contributed by atoms with van der Waals surface area (Å²) >= 11 is 11.7. The second-order valence-corrected chi connectivity index (χ2v) is 7.87. The number of hydrogen-bond acceptors (Lipinski definition) is 3. The molecule has 0 aliphatic heterocycles. The molecule has 7 heteroatoms. The standard InChI is InChI=1S/C20H15BrClIN2O2/c1-3-7-27-19-15(21)9-13(10-17(19)23)8-14(11-24)20(26)25-18-6-4-5-16(22)12(18)2/h3-6,8-10H,1,7H2,2H3,(H,25,26)/b14-8-. The van der Waals surface area contributed by atoms with E-state index in [1.54, 1.807) is 37.3 Å². The van der Waals surface area contributed by atoms with E-state index in [0.717, 1.165) is 13.6 Å². The van der Waals surface area contributed by atoms with E-state index in [2.05, 4.69) is 50.4 Å². The van der Waals surface area contributed by atoms with E-state index >= 15 is 0 Å². The van der Waals surface area contributed by atoms with Gasteiger partial charge in [-0.25, -0.2) is 0 Å². The smallest absolute Gasteiger partial charge is 0.266 e. The lowest BCUT2D eigenvalue weighted by molar-refractivity contribution is -0.112. The molecule has 0 saturated heterocycles. The van der Waals surface area contributed by atoms with Crippen LogP contribution in [0.15, 0.2) is 53.0 Å². The summed E-state index contributed by atoms with van der Waals surface area (Å²) in [6.07, 6.45) is 3.19. The first-order valence-electron chi connectivity index (χ1n) is 7.78. The number of carbonyl (C=O) groups is 1. The molecule has 0 fully saturated rings. The minimum atomic E-state index is -0.499. The van der Waals surface area contributed by atoms with Gasteiger partial charge in [0, 0.05) is 10.7 Å². The van der Waals surface area contributed by atoms with Gasteiger partial charge in [-0.05, 0) is 86.9 Å². The number of halogens is 3. The summed E-state index contributed by atoms with van der Waals surface area (Å²) in [6, 6.07) is 10.8. The molecule has 0 unspecified atom stereocenters. The Morgan fingerprint density at radius 3 is 2.85 bits per heavy atom. The van der Waals surface area contributed by atoms with Crippen molar-refractivity contribution in [1.82, 2.24) is 0 Å². The summed E-state index contributed by atoms with van der Waals surface area (Å²) in [4.78, 5) is 12.5. The topological polar surface area (TPSA) is 62.1 Å². The largest absolute Gasteiger partial charge is 0.487 e. The molecule has 0 aromatic heterocycles. The molecule has 1 amide bonds. The van der Waals surface area contributed by atoms with E-state index in [1.165, 1.54) is 6.08 Å². The minimum absolute atomic E-state index is 0.0168. The fourth-order valence-electron chi connectivity index (χ4n) is 2.19. The third kappa shape index (κ3) is 5.58. The molecule has 2 aromatic carbocycles. The van der Waals surface area contributed by atoms with Crippen molar-refractivity contribution in [3.8, 4) is 11.8 Å². The van der Waals surface area contributed by atoms with Crippen LogP contribution in [0.2, 0.25) is 5.02 Å². The van der Waals surface area contributed by atoms with Crippen molar-refractivity contribution in [2.75, 3.05) is 11.9 Å². The van der Waals surface area contributed by atoms with Crippen molar-refractivity contribution in [3.05, 3.63) is 72.8 Å². The quantitative estimate of drug-likeness (QED) is 0.201. The molecule has 0 spiro atoms. The number of rotatable bonds is 6. The van der Waals surface area contributed by atoms with Crippen molar-refractivity contribution in [2.24, 2.45) is 0 Å². The Morgan fingerprint density at radius 2 is 2.22 bits per heavy atom. The lowest BCUT2D eigenvalue weighted by Crippen LogP contribution is -2.14. The first kappa shape index (κ1) is 21.5. The van der Waals surface area contributed by atoms with Gasteiger partial charge in [0.2, 0.25) is 0 Å². The highest BCUT2D eigenvalue weighted by Gasteiger charge is 2.13. The van der Waals surface area contributed by atoms with Crippen LogP contribution >= 0.6 is 50.1 Å². The lowest BCUT2D eigenvalue weighted by Gasteiger charge is -2.11. The molecule has 0 radical (unpaired) electrons. The normalized spacial score (nSPS) is 10.9. The fraction of sp³-hybridized carbons (Fsp3) is 0.100. The number of anilines is 1. The highest BCUT2D eigenvalue weighted by Crippen LogP contribution is 2.33. The lowest BCUT2D eigenvalue weighted by atomic mass is 10.1. The number of amides is 1. The molecular weight excluding hydrogens is 542 g/mol. The number of hydrogen-bond donors (Lipinski definition) is 1. The first-order valence-corrected chi connectivity index (χ1v) is 10.0. The van der Waals surface area contributed by atoms with Crippen LogP contribution in [0.25, 0.3) is 6.08 Å². The molecule has 0 aliphatic rings. The van der Waals surface area contributed by atoms with Gasteiger partial charge in [-0.1, -0.05) is 30.3 Å². The average molecular weight is 558 g/mol. The van der Waals surface area contributed by atoms with Crippen molar-refractivity contribution in [2.45, 2.75) is 6.92 Å². The van der Waals surface area contributed by atoms with Crippen LogP contribution in [-0.2, 0) is 4.79 Å². The SMILES string of the molecule is C=CCOc1c(Br)cc(/C=C(/C#N)C(=O)Nc2cccc(Cl)c2C)cc1I. The Hall–Kier alpha value is -1.82. The van der Waals surface area contributed by atoms with Crippen LogP contribution in [0.1, 0.15) is 11.1 Å². The van der Waals surface area contributed by atoms with E-state index in [-0.39, 0.29) is 5.57 Å². The van der Waals surface area contributed by atoms with Gasteiger partial charge in [0.1, 0.15) is 24.0 Å². The molecule has 1 N–H and O–H groups in total. The number of nitriles is 1. The van der Waals surface area contributed by atoms with Crippen LogP contribution in [0.3, 0.4) is 0 Å². The van der Waals surface area contributed by atoms with Gasteiger partial charge < -0.3 is 10.1 Å². The molecule has 138 valence electrons. The molecule has 0 bridgehead atoms. The Labute approximate surface area is 185 Å². The van der Waals surface area contributed by atoms with E-state index in [0.29, 0.717) is 28.6 Å². The van der Waals surface area contributed by atoms with Gasteiger partial charge in [-0.15, -0.1) is 0 Å². The molecule has 0 saturated carbocycles. The maximum Gasteiger partial charge on any atom is 0.266 e. The highest BCUT2D eigenvalue weighted by atomic mass is 127. The molecule has 27 heavy (non-hydrogen) atoms. The van der Waals surface area contributed by atoms with E-state index in [1.807, 2.05) is 12.1 Å². The number of nitrogens with zero attached hydrogens (tertiary/aromatic N) is 1. The molecule has 0 atom stereocenters. The Morgan fingerprint density at radius 1 is 1.48 bits per heavy atom. The number of benzene rings is 2. The van der Waals surface area contributed by atoms with Crippen molar-refractivity contribution >= 4 is 67.8 Å².